The number of aliphatic hydroxyl groups excluding tert-OH is 8. The number of unbranched alkanes of at least 4 members (excludes halogenated alkanes) is 3. The molecule has 138 heavy (non-hydrogen) atoms. The minimum absolute atomic E-state index is 0.0604. The topological polar surface area (TPSA) is 679 Å². The second kappa shape index (κ2) is 123. The zero-order valence-corrected chi connectivity index (χ0v) is 90.6. The summed E-state index contributed by atoms with van der Waals surface area (Å²) in [4.78, 5) is 35.5. The van der Waals surface area contributed by atoms with Gasteiger partial charge in [-0.15, -0.1) is 0 Å². The first kappa shape index (κ1) is 150. The Morgan fingerprint density at radius 1 is 0.428 bits per heavy atom. The van der Waals surface area contributed by atoms with Crippen molar-refractivity contribution in [3.63, 3.8) is 0 Å². The van der Waals surface area contributed by atoms with E-state index in [0.29, 0.717) is 70.9 Å². The number of ether oxygens (including phenoxy) is 2. The van der Waals surface area contributed by atoms with E-state index in [9.17, 15) is 0 Å². The van der Waals surface area contributed by atoms with Crippen LogP contribution in [0.5, 0.6) is 0 Å². The summed E-state index contributed by atoms with van der Waals surface area (Å²) in [7, 11) is 10.3. The first-order valence-corrected chi connectivity index (χ1v) is 52.8. The SMILES string of the molecule is CC(N)CN(C)C.CCC(N)(CO)CO.CCN(CC)CCCN.CCN(CC)CCN.CN(C)CCCN.CN1CCCC1CCN.NC1CCC(O)CC1.NCCCCCCO.NCCCN(CCO)CCO.NCCCN1CCOCC1.NCCCn1ccnc1.NCCN(CCO)CCO.NCCN1CCCC1.NCCN1CCCCC1.NCCN1CCOCC1.NCCc1cnc[nH]1. The van der Waals surface area contributed by atoms with Crippen LogP contribution in [0.3, 0.4) is 0 Å². The largest absolute Gasteiger partial charge is 0.396 e. The number of aliphatic hydroxyl groups is 8. The van der Waals surface area contributed by atoms with Gasteiger partial charge in [0.2, 0.25) is 0 Å². The van der Waals surface area contributed by atoms with Crippen molar-refractivity contribution in [3.05, 3.63) is 36.9 Å². The van der Waals surface area contributed by atoms with Crippen LogP contribution in [-0.4, -0.2) is 514 Å². The maximum absolute atomic E-state index is 8.97. The molecule has 2 unspecified atom stereocenters. The second-order valence-corrected chi connectivity index (χ2v) is 35.5. The van der Waals surface area contributed by atoms with E-state index >= 15 is 0 Å². The van der Waals surface area contributed by atoms with Crippen LogP contribution in [-0.2, 0) is 22.4 Å². The minimum atomic E-state index is -0.764. The van der Waals surface area contributed by atoms with Crippen molar-refractivity contribution in [2.45, 2.75) is 226 Å². The number of likely N-dealkylation sites (N-methyl/N-ethyl adjacent to an activating group) is 2. The van der Waals surface area contributed by atoms with Crippen LogP contribution in [0.4, 0.5) is 0 Å². The van der Waals surface area contributed by atoms with E-state index in [2.05, 4.69) is 108 Å². The average molecular weight is 1990 g/mol. The van der Waals surface area contributed by atoms with Crippen LogP contribution in [0.15, 0.2) is 31.2 Å². The number of nitrogens with two attached hydrogens (primary N) is 16. The van der Waals surface area contributed by atoms with Gasteiger partial charge in [-0.1, -0.05) is 53.9 Å². The fraction of sp³-hybridized carbons (Fsp3) is 0.938. The quantitative estimate of drug-likeness (QED) is 0.0303. The number of aromatic nitrogens is 4. The molecular weight excluding hydrogens is 1760 g/mol. The molecule has 8 rings (SSSR count). The molecule has 5 saturated heterocycles. The normalized spacial score (nSPS) is 16.7. The van der Waals surface area contributed by atoms with Crippen molar-refractivity contribution in [1.29, 1.82) is 0 Å². The molecule has 6 aliphatic rings. The van der Waals surface area contributed by atoms with Gasteiger partial charge in [0.15, 0.2) is 0 Å². The number of H-pyrrole nitrogens is 1. The molecule has 5 aliphatic heterocycles. The predicted molar refractivity (Wildman–Crippen MR) is 583 cm³/mol. The molecule has 1 saturated carbocycles. The van der Waals surface area contributed by atoms with Gasteiger partial charge in [-0.25, -0.2) is 9.97 Å². The minimum Gasteiger partial charge on any atom is -0.396 e. The van der Waals surface area contributed by atoms with Crippen molar-refractivity contribution in [2.75, 3.05) is 370 Å². The number of likely N-dealkylation sites (tertiary alicyclic amines) is 3. The van der Waals surface area contributed by atoms with Crippen LogP contribution in [0.2, 0.25) is 0 Å². The Bertz CT molecular complexity index is 2320. The third kappa shape index (κ3) is 117. The summed E-state index contributed by atoms with van der Waals surface area (Å²) in [6, 6.07) is 1.45. The molecule has 6 fully saturated rings. The Kier molecular flexibility index (Phi) is 133. The standard InChI is InChI=1S/C7H18N2O2.C7H16N2O.2C7H16N2.C7H18N2.C6H11N3.C6H16N2O2.C6H14N2O.C6H14N2.C6H16N2.C6H13NO.C6H15NO.C5H9N3.2C5H14N2.C5H13NO2/c8-2-1-3-9(4-6-10)5-7-11;8-2-1-3-9-4-6-10-7-5-9;1-9-6-2-3-7(9)4-5-8;8-4-7-9-5-2-1-3-6-9;1-3-9(4-2)7-5-6-8;7-2-1-4-9-5-3-8-6-9;7-1-2-8(3-5-9)4-6-10;7-1-2-8-3-5-9-6-4-8;7-3-6-8-4-1-2-5-8;1-3-8(4-2)6-5-7;7-5-1-3-6(8)4-2-5;7-5-3-1-2-4-6-8;6-2-1-5-3-7-4-8-5;1-5(6)4-7(2)3;1-7(2)5-3-4-6;1-2-5(6,3-7)4-8/h10-11H,1-8H2;1-8H2;7H,2-6,8H2,1H3;1-8H2;3-8H2,1-2H3;3,5-6H,1-2,4,7H2;9-10H,1-7H2;1-7H2;1-7H2;3-7H2,1-2H3;5-6,8H,1-4,7H2;8H,1-7H2;3-4H,1-2,6H2,(H,7,8);5H,4,6H2,1-3H3;3-6H2,1-2H3;7-8H,2-4,6H2,1H3. The molecule has 0 amide bonds. The molecule has 41 heteroatoms. The van der Waals surface area contributed by atoms with Crippen molar-refractivity contribution in [2.24, 2.45) is 91.7 Å². The van der Waals surface area contributed by atoms with E-state index < -0.39 is 5.54 Å². The van der Waals surface area contributed by atoms with Gasteiger partial charge in [0.1, 0.15) is 0 Å². The molecule has 2 atom stereocenters. The molecule has 0 bridgehead atoms. The van der Waals surface area contributed by atoms with Crippen molar-refractivity contribution in [1.82, 2.24) is 73.4 Å². The highest BCUT2D eigenvalue weighted by molar-refractivity contribution is 4.94. The number of morpholine rings is 2. The number of hydrogen-bond acceptors (Lipinski definition) is 39. The number of hydrogen-bond donors (Lipinski definition) is 25. The third-order valence-electron chi connectivity index (χ3n) is 22.5. The third-order valence-corrected chi connectivity index (χ3v) is 22.5. The molecule has 2 aromatic heterocycles. The summed E-state index contributed by atoms with van der Waals surface area (Å²) < 4.78 is 12.4. The average Bonchev–Trinajstić information content (AvgIpc) is 1.82. The highest BCUT2D eigenvalue weighted by Gasteiger charge is 2.21. The molecule has 2 aromatic rings. The highest BCUT2D eigenvalue weighted by Crippen LogP contribution is 2.17. The smallest absolute Gasteiger partial charge is 0.0945 e. The first-order chi connectivity index (χ1) is 66.6. The van der Waals surface area contributed by atoms with Crippen molar-refractivity contribution >= 4 is 0 Å². The van der Waals surface area contributed by atoms with Gasteiger partial charge in [-0.3, -0.25) is 19.6 Å². The lowest BCUT2D eigenvalue weighted by Crippen LogP contribution is -2.46. The number of piperidine rings is 1. The lowest BCUT2D eigenvalue weighted by molar-refractivity contribution is 0.0377. The molecule has 41 N–H and O–H groups in total. The lowest BCUT2D eigenvalue weighted by Gasteiger charge is -2.26. The van der Waals surface area contributed by atoms with Gasteiger partial charge in [0.05, 0.1) is 90.4 Å². The zero-order valence-electron chi connectivity index (χ0n) is 90.6. The van der Waals surface area contributed by atoms with Gasteiger partial charge in [0.25, 0.3) is 0 Å². The summed E-state index contributed by atoms with van der Waals surface area (Å²) >= 11 is 0. The predicted octanol–water partition coefficient (Wildman–Crippen LogP) is -2.58. The van der Waals surface area contributed by atoms with E-state index in [4.69, 9.17) is 142 Å². The number of aromatic amines is 1. The monoisotopic (exact) mass is 1990 g/mol. The molecule has 836 valence electrons. The number of imidazole rings is 2. The van der Waals surface area contributed by atoms with Gasteiger partial charge < -0.3 is 186 Å². The van der Waals surface area contributed by atoms with Crippen LogP contribution in [0.25, 0.3) is 0 Å². The highest BCUT2D eigenvalue weighted by atomic mass is 16.5. The van der Waals surface area contributed by atoms with Crippen LogP contribution >= 0.6 is 0 Å². The fourth-order valence-corrected chi connectivity index (χ4v) is 13.8. The Morgan fingerprint density at radius 3 is 1.15 bits per heavy atom. The maximum Gasteiger partial charge on any atom is 0.0945 e. The van der Waals surface area contributed by atoms with E-state index in [-0.39, 0.29) is 45.7 Å². The van der Waals surface area contributed by atoms with Crippen molar-refractivity contribution in [3.8, 4) is 0 Å². The van der Waals surface area contributed by atoms with E-state index in [1.807, 2.05) is 48.5 Å². The Balaban J connectivity index is -0.000000218. The number of nitrogens with one attached hydrogen (secondary N) is 1. The molecule has 7 heterocycles. The zero-order chi connectivity index (χ0) is 105. The van der Waals surface area contributed by atoms with Crippen LogP contribution < -0.4 is 91.7 Å². The molecule has 0 aromatic carbocycles. The molecule has 1 aliphatic carbocycles. The summed E-state index contributed by atoms with van der Waals surface area (Å²) in [5.74, 6) is 0. The fourth-order valence-electron chi connectivity index (χ4n) is 13.8. The summed E-state index contributed by atoms with van der Waals surface area (Å²) in [6.07, 6.45) is 34.6. The summed E-state index contributed by atoms with van der Waals surface area (Å²) in [5.41, 5.74) is 86.1. The Labute approximate surface area is 843 Å². The van der Waals surface area contributed by atoms with Gasteiger partial charge in [0, 0.05) is 186 Å². The van der Waals surface area contributed by atoms with E-state index in [0.717, 1.165) is 318 Å². The Morgan fingerprint density at radius 2 is 0.841 bits per heavy atom. The van der Waals surface area contributed by atoms with Gasteiger partial charge in [-0.05, 0) is 302 Å². The Hall–Kier alpha value is -3.06. The number of aryl methyl sites for hydroxylation is 1. The first-order valence-electron chi connectivity index (χ1n) is 52.8. The second-order valence-electron chi connectivity index (χ2n) is 35.5. The summed E-state index contributed by atoms with van der Waals surface area (Å²) in [6.45, 7) is 55.3. The molecular formula is C97H233N31O10. The van der Waals surface area contributed by atoms with E-state index in [1.165, 1.54) is 84.1 Å². The van der Waals surface area contributed by atoms with Gasteiger partial charge in [-0.2, -0.15) is 0 Å². The number of rotatable bonds is 51. The van der Waals surface area contributed by atoms with Gasteiger partial charge >= 0.3 is 0 Å². The lowest BCUT2D eigenvalue weighted by atomic mass is 9.94. The number of nitrogens with zero attached hydrogens (tertiary/aromatic N) is 14. The summed E-state index contributed by atoms with van der Waals surface area (Å²) in [5, 5.41) is 68.6. The molecule has 0 radical (unpaired) electrons. The van der Waals surface area contributed by atoms with Crippen LogP contribution in [0, 0.1) is 0 Å². The van der Waals surface area contributed by atoms with E-state index in [1.54, 1.807) is 25.0 Å². The molecule has 41 nitrogen and oxygen atoms in total. The van der Waals surface area contributed by atoms with Crippen LogP contribution in [0.1, 0.15) is 188 Å². The van der Waals surface area contributed by atoms with Crippen molar-refractivity contribution < 1.29 is 50.3 Å². The maximum atomic E-state index is 8.97. The molecule has 0 spiro atoms.